The van der Waals surface area contributed by atoms with Crippen LogP contribution < -0.4 is 5.32 Å². The van der Waals surface area contributed by atoms with Crippen LogP contribution in [0.15, 0.2) is 66.1 Å². The van der Waals surface area contributed by atoms with Gasteiger partial charge in [-0.2, -0.15) is 0 Å². The summed E-state index contributed by atoms with van der Waals surface area (Å²) in [4.78, 5) is 1.87. The van der Waals surface area contributed by atoms with E-state index in [0.29, 0.717) is 18.2 Å². The molecule has 1 heterocycles. The van der Waals surface area contributed by atoms with Crippen molar-refractivity contribution in [2.24, 2.45) is 0 Å². The molecule has 1 aliphatic heterocycles. The highest BCUT2D eigenvalue weighted by molar-refractivity contribution is 7.94. The zero-order valence-electron chi connectivity index (χ0n) is 14.0. The van der Waals surface area contributed by atoms with Crippen molar-refractivity contribution in [2.75, 3.05) is 5.75 Å². The van der Waals surface area contributed by atoms with Crippen LogP contribution in [-0.4, -0.2) is 30.2 Å². The molecule has 2 aromatic rings. The fraction of sp³-hybridized carbons (Fsp3) is 0.211. The molecule has 1 aliphatic rings. The second-order valence-corrected chi connectivity index (χ2v) is 8.44. The number of sulfone groups is 1. The minimum atomic E-state index is -3.19. The first-order valence-corrected chi connectivity index (χ1v) is 10.3. The summed E-state index contributed by atoms with van der Waals surface area (Å²) in [6, 6.07) is 15.6. The molecule has 0 spiro atoms. The van der Waals surface area contributed by atoms with E-state index in [1.54, 1.807) is 18.2 Å². The molecule has 0 amide bonds. The highest BCUT2D eigenvalue weighted by atomic mass is 32.2. The third-order valence-corrected chi connectivity index (χ3v) is 5.88. The summed E-state index contributed by atoms with van der Waals surface area (Å²) in [6.07, 6.45) is 1.67. The SMILES string of the molecule is O=S1(=O)C=C[C@H](N(Cc2ccccc2)C(=S)NCc2ccc(F)cc2)C1. The summed E-state index contributed by atoms with van der Waals surface area (Å²) in [5.41, 5.74) is 1.93. The molecule has 26 heavy (non-hydrogen) atoms. The molecule has 0 aromatic heterocycles. The van der Waals surface area contributed by atoms with Crippen LogP contribution in [0.25, 0.3) is 0 Å². The Hall–Kier alpha value is -2.25. The summed E-state index contributed by atoms with van der Waals surface area (Å²) in [5, 5.41) is 4.86. The van der Waals surface area contributed by atoms with Gasteiger partial charge in [0.25, 0.3) is 0 Å². The molecule has 0 saturated heterocycles. The molecule has 0 saturated carbocycles. The Kier molecular flexibility index (Phi) is 5.68. The van der Waals surface area contributed by atoms with Crippen molar-refractivity contribution in [3.05, 3.63) is 83.0 Å². The van der Waals surface area contributed by atoms with Crippen molar-refractivity contribution in [3.8, 4) is 0 Å². The smallest absolute Gasteiger partial charge is 0.173 e. The van der Waals surface area contributed by atoms with E-state index in [9.17, 15) is 12.8 Å². The lowest BCUT2D eigenvalue weighted by molar-refractivity contribution is 0.368. The first-order chi connectivity index (χ1) is 12.4. The van der Waals surface area contributed by atoms with E-state index >= 15 is 0 Å². The van der Waals surface area contributed by atoms with E-state index in [2.05, 4.69) is 5.32 Å². The molecule has 7 heteroatoms. The Morgan fingerprint density at radius 3 is 2.42 bits per heavy atom. The molecule has 0 fully saturated rings. The van der Waals surface area contributed by atoms with Crippen LogP contribution in [0.2, 0.25) is 0 Å². The van der Waals surface area contributed by atoms with Crippen LogP contribution in [-0.2, 0) is 22.9 Å². The lowest BCUT2D eigenvalue weighted by Crippen LogP contribution is -2.45. The highest BCUT2D eigenvalue weighted by Gasteiger charge is 2.28. The fourth-order valence-electron chi connectivity index (χ4n) is 2.75. The van der Waals surface area contributed by atoms with Gasteiger partial charge in [0.05, 0.1) is 11.8 Å². The second-order valence-electron chi connectivity index (χ2n) is 6.12. The summed E-state index contributed by atoms with van der Waals surface area (Å²) in [7, 11) is -3.19. The largest absolute Gasteiger partial charge is 0.358 e. The predicted molar refractivity (Wildman–Crippen MR) is 105 cm³/mol. The monoisotopic (exact) mass is 390 g/mol. The third-order valence-electron chi connectivity index (χ3n) is 4.13. The first-order valence-electron chi connectivity index (χ1n) is 8.17. The Morgan fingerprint density at radius 1 is 1.12 bits per heavy atom. The normalized spacial score (nSPS) is 17.8. The number of hydrogen-bond donors (Lipinski definition) is 1. The van der Waals surface area contributed by atoms with Crippen LogP contribution in [0.4, 0.5) is 4.39 Å². The van der Waals surface area contributed by atoms with Gasteiger partial charge in [0.15, 0.2) is 14.9 Å². The van der Waals surface area contributed by atoms with Gasteiger partial charge in [-0.05, 0) is 41.6 Å². The van der Waals surface area contributed by atoms with Gasteiger partial charge in [0.2, 0.25) is 0 Å². The summed E-state index contributed by atoms with van der Waals surface area (Å²) < 4.78 is 36.7. The molecular weight excluding hydrogens is 371 g/mol. The van der Waals surface area contributed by atoms with E-state index in [0.717, 1.165) is 11.1 Å². The van der Waals surface area contributed by atoms with Crippen LogP contribution in [0.5, 0.6) is 0 Å². The Balaban J connectivity index is 1.72. The van der Waals surface area contributed by atoms with Crippen LogP contribution in [0.3, 0.4) is 0 Å². The lowest BCUT2D eigenvalue weighted by atomic mass is 10.2. The number of nitrogens with zero attached hydrogens (tertiary/aromatic N) is 1. The molecule has 2 aromatic carbocycles. The quantitative estimate of drug-likeness (QED) is 0.796. The Bertz CT molecular complexity index is 897. The first kappa shape index (κ1) is 18.5. The zero-order valence-corrected chi connectivity index (χ0v) is 15.6. The van der Waals surface area contributed by atoms with Gasteiger partial charge in [0, 0.05) is 18.5 Å². The molecule has 3 rings (SSSR count). The van der Waals surface area contributed by atoms with Crippen molar-refractivity contribution in [1.82, 2.24) is 10.2 Å². The third kappa shape index (κ3) is 4.89. The summed E-state index contributed by atoms with van der Waals surface area (Å²) in [5.74, 6) is -0.276. The molecule has 0 radical (unpaired) electrons. The molecule has 0 aliphatic carbocycles. The maximum Gasteiger partial charge on any atom is 0.173 e. The predicted octanol–water partition coefficient (Wildman–Crippen LogP) is 3.01. The van der Waals surface area contributed by atoms with Gasteiger partial charge in [-0.15, -0.1) is 0 Å². The van der Waals surface area contributed by atoms with Crippen LogP contribution >= 0.6 is 12.2 Å². The molecule has 0 bridgehead atoms. The second kappa shape index (κ2) is 7.97. The minimum Gasteiger partial charge on any atom is -0.358 e. The van der Waals surface area contributed by atoms with Gasteiger partial charge in [-0.3, -0.25) is 0 Å². The van der Waals surface area contributed by atoms with Crippen molar-refractivity contribution >= 4 is 27.2 Å². The topological polar surface area (TPSA) is 49.4 Å². The maximum atomic E-state index is 13.0. The number of nitrogens with one attached hydrogen (secondary N) is 1. The van der Waals surface area contributed by atoms with Gasteiger partial charge in [-0.1, -0.05) is 42.5 Å². The van der Waals surface area contributed by atoms with E-state index < -0.39 is 9.84 Å². The van der Waals surface area contributed by atoms with Crippen molar-refractivity contribution in [3.63, 3.8) is 0 Å². The summed E-state index contributed by atoms with van der Waals surface area (Å²) in [6.45, 7) is 0.939. The van der Waals surface area contributed by atoms with Crippen LogP contribution in [0.1, 0.15) is 11.1 Å². The summed E-state index contributed by atoms with van der Waals surface area (Å²) >= 11 is 5.52. The standard InChI is InChI=1S/C19H19FN2O2S2/c20-17-8-6-15(7-9-17)12-21-19(25)22(13-16-4-2-1-3-5-16)18-10-11-26(23,24)14-18/h1-11,18H,12-14H2,(H,21,25)/t18-/m0/s1. The number of halogens is 1. The van der Waals surface area contributed by atoms with E-state index in [4.69, 9.17) is 12.2 Å². The number of benzene rings is 2. The van der Waals surface area contributed by atoms with Gasteiger partial charge < -0.3 is 10.2 Å². The Morgan fingerprint density at radius 2 is 1.81 bits per heavy atom. The van der Waals surface area contributed by atoms with Gasteiger partial charge >= 0.3 is 0 Å². The van der Waals surface area contributed by atoms with Crippen molar-refractivity contribution in [1.29, 1.82) is 0 Å². The number of rotatable bonds is 5. The zero-order chi connectivity index (χ0) is 18.6. The van der Waals surface area contributed by atoms with Gasteiger partial charge in [-0.25, -0.2) is 12.8 Å². The molecular formula is C19H19FN2O2S2. The van der Waals surface area contributed by atoms with E-state index in [1.807, 2.05) is 35.2 Å². The molecule has 4 nitrogen and oxygen atoms in total. The fourth-order valence-corrected chi connectivity index (χ4v) is 4.33. The van der Waals surface area contributed by atoms with E-state index in [1.165, 1.54) is 17.5 Å². The average molecular weight is 391 g/mol. The average Bonchev–Trinajstić information content (AvgIpc) is 2.99. The van der Waals surface area contributed by atoms with E-state index in [-0.39, 0.29) is 17.6 Å². The maximum absolute atomic E-state index is 13.0. The van der Waals surface area contributed by atoms with Gasteiger partial charge in [0.1, 0.15) is 5.82 Å². The molecule has 136 valence electrons. The van der Waals surface area contributed by atoms with Crippen molar-refractivity contribution < 1.29 is 12.8 Å². The Labute approximate surface area is 158 Å². The van der Waals surface area contributed by atoms with Crippen LogP contribution in [0, 0.1) is 5.82 Å². The minimum absolute atomic E-state index is 0.0121. The highest BCUT2D eigenvalue weighted by Crippen LogP contribution is 2.18. The number of thiocarbonyl (C=S) groups is 1. The lowest BCUT2D eigenvalue weighted by Gasteiger charge is -2.30. The molecule has 0 unspecified atom stereocenters. The van der Waals surface area contributed by atoms with Crippen molar-refractivity contribution in [2.45, 2.75) is 19.1 Å². The molecule has 1 atom stereocenters. The number of hydrogen-bond acceptors (Lipinski definition) is 3. The molecule has 1 N–H and O–H groups in total.